The van der Waals surface area contributed by atoms with E-state index >= 15 is 0 Å². The van der Waals surface area contributed by atoms with Crippen LogP contribution in [0.2, 0.25) is 0 Å². The fourth-order valence-corrected chi connectivity index (χ4v) is 2.87. The van der Waals surface area contributed by atoms with Gasteiger partial charge in [0.25, 0.3) is 0 Å². The van der Waals surface area contributed by atoms with E-state index < -0.39 is 0 Å². The summed E-state index contributed by atoms with van der Waals surface area (Å²) in [4.78, 5) is 13.1. The summed E-state index contributed by atoms with van der Waals surface area (Å²) in [6.45, 7) is 4.68. The lowest BCUT2D eigenvalue weighted by Gasteiger charge is -2.39. The number of hydrogen-bond acceptors (Lipinski definition) is 4. The van der Waals surface area contributed by atoms with Gasteiger partial charge in [-0.1, -0.05) is 26.7 Å². The summed E-state index contributed by atoms with van der Waals surface area (Å²) in [5.74, 6) is 0.910. The first-order valence-electron chi connectivity index (χ1n) is 6.99. The van der Waals surface area contributed by atoms with Crippen LogP contribution in [-0.4, -0.2) is 21.0 Å². The molecule has 2 aromatic heterocycles. The predicted octanol–water partition coefficient (Wildman–Crippen LogP) is 3.41. The highest BCUT2D eigenvalue weighted by Gasteiger charge is 2.32. The Morgan fingerprint density at radius 2 is 2.00 bits per heavy atom. The third-order valence-electron chi connectivity index (χ3n) is 4.16. The van der Waals surface area contributed by atoms with Gasteiger partial charge in [0.2, 0.25) is 0 Å². The largest absolute Gasteiger partial charge is 0.367 e. The van der Waals surface area contributed by atoms with Crippen LogP contribution in [0.3, 0.4) is 0 Å². The van der Waals surface area contributed by atoms with Crippen molar-refractivity contribution < 1.29 is 0 Å². The SMILES string of the molecule is CC1(C)CCCCC1Nc1ccc2nccnc2n1. The Bertz CT molecular complexity index is 579. The van der Waals surface area contributed by atoms with Crippen LogP contribution in [0, 0.1) is 5.41 Å². The zero-order valence-electron chi connectivity index (χ0n) is 11.6. The lowest BCUT2D eigenvalue weighted by molar-refractivity contribution is 0.216. The molecule has 1 unspecified atom stereocenters. The van der Waals surface area contributed by atoms with Gasteiger partial charge in [-0.15, -0.1) is 0 Å². The van der Waals surface area contributed by atoms with E-state index in [0.717, 1.165) is 11.3 Å². The van der Waals surface area contributed by atoms with Gasteiger partial charge in [0.05, 0.1) is 0 Å². The summed E-state index contributed by atoms with van der Waals surface area (Å²) in [7, 11) is 0. The number of rotatable bonds is 2. The fourth-order valence-electron chi connectivity index (χ4n) is 2.87. The topological polar surface area (TPSA) is 50.7 Å². The molecular formula is C15H20N4. The minimum Gasteiger partial charge on any atom is -0.367 e. The van der Waals surface area contributed by atoms with Crippen molar-refractivity contribution in [2.24, 2.45) is 5.41 Å². The molecule has 4 nitrogen and oxygen atoms in total. The Labute approximate surface area is 113 Å². The van der Waals surface area contributed by atoms with Gasteiger partial charge in [-0.3, -0.25) is 4.98 Å². The Morgan fingerprint density at radius 3 is 2.84 bits per heavy atom. The number of aromatic nitrogens is 3. The summed E-state index contributed by atoms with van der Waals surface area (Å²) < 4.78 is 0. The molecule has 2 heterocycles. The molecule has 0 aromatic carbocycles. The molecule has 1 fully saturated rings. The molecule has 1 N–H and O–H groups in total. The highest BCUT2D eigenvalue weighted by atomic mass is 15.1. The number of fused-ring (bicyclic) bond motifs is 1. The van der Waals surface area contributed by atoms with Crippen molar-refractivity contribution in [3.8, 4) is 0 Å². The molecule has 0 radical (unpaired) electrons. The highest BCUT2D eigenvalue weighted by Crippen LogP contribution is 2.37. The third-order valence-corrected chi connectivity index (χ3v) is 4.16. The van der Waals surface area contributed by atoms with Crippen molar-refractivity contribution in [2.75, 3.05) is 5.32 Å². The van der Waals surface area contributed by atoms with Crippen LogP contribution in [-0.2, 0) is 0 Å². The quantitative estimate of drug-likeness (QED) is 0.894. The maximum atomic E-state index is 4.55. The average Bonchev–Trinajstić information content (AvgIpc) is 2.41. The van der Waals surface area contributed by atoms with Crippen LogP contribution >= 0.6 is 0 Å². The molecule has 0 bridgehead atoms. The van der Waals surface area contributed by atoms with Crippen molar-refractivity contribution in [2.45, 2.75) is 45.6 Å². The zero-order chi connectivity index (χ0) is 13.3. The summed E-state index contributed by atoms with van der Waals surface area (Å²) in [6, 6.07) is 4.47. The van der Waals surface area contributed by atoms with Crippen molar-refractivity contribution in [1.82, 2.24) is 15.0 Å². The van der Waals surface area contributed by atoms with Crippen molar-refractivity contribution in [1.29, 1.82) is 0 Å². The maximum absolute atomic E-state index is 4.55. The lowest BCUT2D eigenvalue weighted by atomic mass is 9.73. The molecule has 4 heteroatoms. The Morgan fingerprint density at radius 1 is 1.16 bits per heavy atom. The lowest BCUT2D eigenvalue weighted by Crippen LogP contribution is -2.39. The van der Waals surface area contributed by atoms with Crippen LogP contribution in [0.5, 0.6) is 0 Å². The van der Waals surface area contributed by atoms with Crippen LogP contribution in [0.15, 0.2) is 24.5 Å². The van der Waals surface area contributed by atoms with Crippen LogP contribution in [0.1, 0.15) is 39.5 Å². The molecule has 1 aliphatic rings. The van der Waals surface area contributed by atoms with Gasteiger partial charge < -0.3 is 5.32 Å². The Kier molecular flexibility index (Phi) is 3.09. The summed E-state index contributed by atoms with van der Waals surface area (Å²) in [5, 5.41) is 3.58. The first kappa shape index (κ1) is 12.3. The van der Waals surface area contributed by atoms with E-state index in [1.54, 1.807) is 12.4 Å². The standard InChI is InChI=1S/C15H20N4/c1-15(2)8-4-3-5-12(15)18-13-7-6-11-14(19-13)17-10-9-16-11/h6-7,9-10,12H,3-5,8H2,1-2H3,(H,17,18,19). The monoisotopic (exact) mass is 256 g/mol. The van der Waals surface area contributed by atoms with E-state index in [0.29, 0.717) is 17.1 Å². The predicted molar refractivity (Wildman–Crippen MR) is 77.0 cm³/mol. The van der Waals surface area contributed by atoms with Crippen molar-refractivity contribution in [3.05, 3.63) is 24.5 Å². The number of anilines is 1. The van der Waals surface area contributed by atoms with E-state index in [-0.39, 0.29) is 0 Å². The van der Waals surface area contributed by atoms with Gasteiger partial charge in [-0.2, -0.15) is 0 Å². The fraction of sp³-hybridized carbons (Fsp3) is 0.533. The normalized spacial score (nSPS) is 22.3. The highest BCUT2D eigenvalue weighted by molar-refractivity contribution is 5.71. The first-order valence-corrected chi connectivity index (χ1v) is 6.99. The van der Waals surface area contributed by atoms with Crippen molar-refractivity contribution >= 4 is 17.0 Å². The average molecular weight is 256 g/mol. The number of hydrogen-bond donors (Lipinski definition) is 1. The van der Waals surface area contributed by atoms with Crippen LogP contribution in [0.25, 0.3) is 11.2 Å². The molecule has 0 spiro atoms. The first-order chi connectivity index (χ1) is 9.15. The van der Waals surface area contributed by atoms with E-state index in [2.05, 4.69) is 34.1 Å². The zero-order valence-corrected chi connectivity index (χ0v) is 11.6. The van der Waals surface area contributed by atoms with Gasteiger partial charge in [-0.25, -0.2) is 9.97 Å². The second-order valence-corrected chi connectivity index (χ2v) is 6.03. The van der Waals surface area contributed by atoms with Gasteiger partial charge in [-0.05, 0) is 30.4 Å². The second kappa shape index (κ2) is 4.76. The molecule has 0 saturated heterocycles. The van der Waals surface area contributed by atoms with Crippen LogP contribution < -0.4 is 5.32 Å². The number of pyridine rings is 1. The maximum Gasteiger partial charge on any atom is 0.180 e. The van der Waals surface area contributed by atoms with Gasteiger partial charge >= 0.3 is 0 Å². The summed E-state index contributed by atoms with van der Waals surface area (Å²) in [5.41, 5.74) is 1.88. The van der Waals surface area contributed by atoms with E-state index in [1.807, 2.05) is 12.1 Å². The molecule has 19 heavy (non-hydrogen) atoms. The molecular weight excluding hydrogens is 236 g/mol. The smallest absolute Gasteiger partial charge is 0.180 e. The van der Waals surface area contributed by atoms with E-state index in [4.69, 9.17) is 0 Å². The molecule has 1 aliphatic carbocycles. The number of nitrogens with zero attached hydrogens (tertiary/aromatic N) is 3. The second-order valence-electron chi connectivity index (χ2n) is 6.03. The minimum atomic E-state index is 0.331. The molecule has 3 rings (SSSR count). The molecule has 0 aliphatic heterocycles. The summed E-state index contributed by atoms with van der Waals surface area (Å²) in [6.07, 6.45) is 8.51. The molecule has 1 atom stereocenters. The van der Waals surface area contributed by atoms with Gasteiger partial charge in [0, 0.05) is 18.4 Å². The molecule has 1 saturated carbocycles. The molecule has 0 amide bonds. The van der Waals surface area contributed by atoms with Crippen LogP contribution in [0.4, 0.5) is 5.82 Å². The van der Waals surface area contributed by atoms with Gasteiger partial charge in [0.1, 0.15) is 11.3 Å². The molecule has 100 valence electrons. The van der Waals surface area contributed by atoms with E-state index in [1.165, 1.54) is 25.7 Å². The third kappa shape index (κ3) is 2.53. The Balaban J connectivity index is 1.84. The van der Waals surface area contributed by atoms with E-state index in [9.17, 15) is 0 Å². The van der Waals surface area contributed by atoms with Crippen molar-refractivity contribution in [3.63, 3.8) is 0 Å². The van der Waals surface area contributed by atoms with Gasteiger partial charge in [0.15, 0.2) is 5.65 Å². The molecule has 2 aromatic rings. The summed E-state index contributed by atoms with van der Waals surface area (Å²) >= 11 is 0. The Hall–Kier alpha value is -1.71. The number of nitrogens with one attached hydrogen (secondary N) is 1. The minimum absolute atomic E-state index is 0.331.